The highest BCUT2D eigenvalue weighted by molar-refractivity contribution is 5.88. The highest BCUT2D eigenvalue weighted by atomic mass is 16.1. The average molecular weight is 336 g/mol. The monoisotopic (exact) mass is 336 g/mol. The zero-order valence-corrected chi connectivity index (χ0v) is 14.2. The molecular weight excluding hydrogens is 316 g/mol. The fourth-order valence-electron chi connectivity index (χ4n) is 3.40. The van der Waals surface area contributed by atoms with Gasteiger partial charge in [0, 0.05) is 37.3 Å². The number of anilines is 1. The van der Waals surface area contributed by atoms with Gasteiger partial charge in [0.25, 0.3) is 5.56 Å². The lowest BCUT2D eigenvalue weighted by Gasteiger charge is -2.33. The average Bonchev–Trinajstić information content (AvgIpc) is 2.65. The molecule has 0 spiro atoms. The Kier molecular flexibility index (Phi) is 4.13. The number of aryl methyl sites for hydroxylation is 1. The summed E-state index contributed by atoms with van der Waals surface area (Å²) in [7, 11) is 0. The van der Waals surface area contributed by atoms with E-state index in [0.717, 1.165) is 48.3 Å². The molecule has 1 saturated heterocycles. The first-order valence-electron chi connectivity index (χ1n) is 8.55. The van der Waals surface area contributed by atoms with Gasteiger partial charge < -0.3 is 4.90 Å². The molecule has 3 aromatic heterocycles. The maximum absolute atomic E-state index is 11.9. The van der Waals surface area contributed by atoms with E-state index in [4.69, 9.17) is 0 Å². The second-order valence-corrected chi connectivity index (χ2v) is 6.52. The van der Waals surface area contributed by atoms with E-state index in [1.807, 2.05) is 13.0 Å². The van der Waals surface area contributed by atoms with E-state index in [-0.39, 0.29) is 5.56 Å². The van der Waals surface area contributed by atoms with Crippen LogP contribution in [0, 0.1) is 12.8 Å². The number of fused-ring (bicyclic) bond motifs is 1. The van der Waals surface area contributed by atoms with Crippen LogP contribution in [0.5, 0.6) is 0 Å². The number of nitrogens with zero attached hydrogens (tertiary/aromatic N) is 6. The maximum atomic E-state index is 11.9. The molecule has 4 heterocycles. The van der Waals surface area contributed by atoms with Crippen molar-refractivity contribution in [3.8, 4) is 0 Å². The third-order valence-corrected chi connectivity index (χ3v) is 4.76. The number of hydrogen-bond acceptors (Lipinski definition) is 6. The first kappa shape index (κ1) is 15.7. The standard InChI is InChI=1S/C18H20N6O/c1-13-2-3-17(25)24(22-13)11-14-5-8-23(9-6-14)18-15-4-7-19-10-16(15)20-12-21-18/h2-4,7,10,12,14H,5-6,8-9,11H2,1H3. The van der Waals surface area contributed by atoms with Gasteiger partial charge in [-0.25, -0.2) is 14.6 Å². The Hall–Kier alpha value is -2.83. The molecule has 1 aliphatic rings. The van der Waals surface area contributed by atoms with E-state index in [1.165, 1.54) is 0 Å². The Morgan fingerprint density at radius 1 is 1.16 bits per heavy atom. The lowest BCUT2D eigenvalue weighted by Crippen LogP contribution is -2.37. The van der Waals surface area contributed by atoms with Crippen molar-refractivity contribution in [1.29, 1.82) is 0 Å². The second-order valence-electron chi connectivity index (χ2n) is 6.52. The van der Waals surface area contributed by atoms with Gasteiger partial charge in [0.1, 0.15) is 12.1 Å². The number of piperidine rings is 1. The van der Waals surface area contributed by atoms with Crippen LogP contribution in [-0.4, -0.2) is 37.8 Å². The van der Waals surface area contributed by atoms with Crippen molar-refractivity contribution >= 4 is 16.7 Å². The molecule has 0 saturated carbocycles. The molecule has 0 aliphatic carbocycles. The second kappa shape index (κ2) is 6.58. The van der Waals surface area contributed by atoms with Gasteiger partial charge in [-0.1, -0.05) is 0 Å². The minimum Gasteiger partial charge on any atom is -0.356 e. The number of pyridine rings is 1. The van der Waals surface area contributed by atoms with Gasteiger partial charge in [-0.15, -0.1) is 0 Å². The van der Waals surface area contributed by atoms with E-state index >= 15 is 0 Å². The number of rotatable bonds is 3. The van der Waals surface area contributed by atoms with Crippen molar-refractivity contribution in [3.05, 3.63) is 53.0 Å². The molecule has 3 aromatic rings. The van der Waals surface area contributed by atoms with Crippen LogP contribution in [0.3, 0.4) is 0 Å². The van der Waals surface area contributed by atoms with Gasteiger partial charge in [-0.3, -0.25) is 9.78 Å². The van der Waals surface area contributed by atoms with Gasteiger partial charge >= 0.3 is 0 Å². The van der Waals surface area contributed by atoms with Gasteiger partial charge in [0.15, 0.2) is 0 Å². The molecule has 128 valence electrons. The van der Waals surface area contributed by atoms with Gasteiger partial charge in [0.05, 0.1) is 17.4 Å². The zero-order valence-electron chi connectivity index (χ0n) is 14.2. The van der Waals surface area contributed by atoms with Crippen molar-refractivity contribution in [1.82, 2.24) is 24.7 Å². The Labute approximate surface area is 145 Å². The Morgan fingerprint density at radius 2 is 2.00 bits per heavy atom. The molecule has 0 aromatic carbocycles. The summed E-state index contributed by atoms with van der Waals surface area (Å²) in [4.78, 5) is 27.1. The predicted molar refractivity (Wildman–Crippen MR) is 95.5 cm³/mol. The van der Waals surface area contributed by atoms with Crippen molar-refractivity contribution in [3.63, 3.8) is 0 Å². The third-order valence-electron chi connectivity index (χ3n) is 4.76. The van der Waals surface area contributed by atoms with Gasteiger partial charge in [-0.05, 0) is 37.8 Å². The topological polar surface area (TPSA) is 76.8 Å². The molecule has 7 nitrogen and oxygen atoms in total. The molecule has 1 fully saturated rings. The fourth-order valence-corrected chi connectivity index (χ4v) is 3.40. The zero-order chi connectivity index (χ0) is 17.2. The predicted octanol–water partition coefficient (Wildman–Crippen LogP) is 1.81. The maximum Gasteiger partial charge on any atom is 0.266 e. The molecule has 25 heavy (non-hydrogen) atoms. The van der Waals surface area contributed by atoms with Crippen LogP contribution in [0.2, 0.25) is 0 Å². The summed E-state index contributed by atoms with van der Waals surface area (Å²) < 4.78 is 1.60. The molecule has 0 radical (unpaired) electrons. The van der Waals surface area contributed by atoms with Crippen molar-refractivity contribution in [2.24, 2.45) is 5.92 Å². The fraction of sp³-hybridized carbons (Fsp3) is 0.389. The van der Waals surface area contributed by atoms with E-state index < -0.39 is 0 Å². The Balaban J connectivity index is 1.48. The van der Waals surface area contributed by atoms with Crippen molar-refractivity contribution in [2.45, 2.75) is 26.3 Å². The molecule has 0 atom stereocenters. The summed E-state index contributed by atoms with van der Waals surface area (Å²) in [6.45, 7) is 4.43. The van der Waals surface area contributed by atoms with Crippen LogP contribution >= 0.6 is 0 Å². The molecule has 4 rings (SSSR count). The first-order chi connectivity index (χ1) is 12.2. The summed E-state index contributed by atoms with van der Waals surface area (Å²) in [5, 5.41) is 5.38. The van der Waals surface area contributed by atoms with E-state index in [1.54, 1.807) is 35.5 Å². The quantitative estimate of drug-likeness (QED) is 0.726. The molecule has 7 heteroatoms. The summed E-state index contributed by atoms with van der Waals surface area (Å²) in [5.74, 6) is 1.43. The van der Waals surface area contributed by atoms with E-state index in [9.17, 15) is 4.79 Å². The van der Waals surface area contributed by atoms with Gasteiger partial charge in [0.2, 0.25) is 0 Å². The van der Waals surface area contributed by atoms with Crippen molar-refractivity contribution < 1.29 is 0 Å². The van der Waals surface area contributed by atoms with E-state index in [0.29, 0.717) is 12.5 Å². The summed E-state index contributed by atoms with van der Waals surface area (Å²) in [6, 6.07) is 5.32. The normalized spacial score (nSPS) is 15.6. The van der Waals surface area contributed by atoms with Crippen LogP contribution in [0.15, 0.2) is 41.7 Å². The number of hydrogen-bond donors (Lipinski definition) is 0. The van der Waals surface area contributed by atoms with Crippen LogP contribution in [0.25, 0.3) is 10.9 Å². The van der Waals surface area contributed by atoms with Crippen LogP contribution < -0.4 is 10.5 Å². The molecule has 0 unspecified atom stereocenters. The molecule has 0 amide bonds. The van der Waals surface area contributed by atoms with Crippen LogP contribution in [-0.2, 0) is 6.54 Å². The minimum absolute atomic E-state index is 0.0256. The lowest BCUT2D eigenvalue weighted by molar-refractivity contribution is 0.333. The SMILES string of the molecule is Cc1ccc(=O)n(CC2CCN(c3ncnc4cnccc34)CC2)n1. The highest BCUT2D eigenvalue weighted by Gasteiger charge is 2.22. The van der Waals surface area contributed by atoms with E-state index in [2.05, 4.69) is 25.0 Å². The number of aromatic nitrogens is 5. The van der Waals surface area contributed by atoms with Crippen molar-refractivity contribution in [2.75, 3.05) is 18.0 Å². The van der Waals surface area contributed by atoms with Gasteiger partial charge in [-0.2, -0.15) is 5.10 Å². The summed E-state index contributed by atoms with van der Waals surface area (Å²) in [6.07, 6.45) is 7.17. The van der Waals surface area contributed by atoms with Crippen LogP contribution in [0.1, 0.15) is 18.5 Å². The lowest BCUT2D eigenvalue weighted by atomic mass is 9.96. The summed E-state index contributed by atoms with van der Waals surface area (Å²) in [5.41, 5.74) is 1.71. The largest absolute Gasteiger partial charge is 0.356 e. The smallest absolute Gasteiger partial charge is 0.266 e. The summed E-state index contributed by atoms with van der Waals surface area (Å²) >= 11 is 0. The Morgan fingerprint density at radius 3 is 2.84 bits per heavy atom. The third kappa shape index (κ3) is 3.22. The molecule has 1 aliphatic heterocycles. The molecular formula is C18H20N6O. The Bertz CT molecular complexity index is 940. The first-order valence-corrected chi connectivity index (χ1v) is 8.55. The highest BCUT2D eigenvalue weighted by Crippen LogP contribution is 2.27. The minimum atomic E-state index is -0.0256. The molecule has 0 N–H and O–H groups in total. The molecule has 0 bridgehead atoms. The van der Waals surface area contributed by atoms with Crippen LogP contribution in [0.4, 0.5) is 5.82 Å².